The van der Waals surface area contributed by atoms with Crippen LogP contribution in [0.5, 0.6) is 0 Å². The molecule has 0 fully saturated rings. The van der Waals surface area contributed by atoms with Crippen LogP contribution in [0.3, 0.4) is 0 Å². The van der Waals surface area contributed by atoms with Crippen molar-refractivity contribution >= 4 is 20.9 Å². The Balaban J connectivity index is 2.46. The summed E-state index contributed by atoms with van der Waals surface area (Å²) in [7, 11) is -1.69. The molecule has 3 aromatic heterocycles. The third kappa shape index (κ3) is 3.20. The average Bonchev–Trinajstić information content (AvgIpc) is 2.97. The van der Waals surface area contributed by atoms with Gasteiger partial charge in [0.05, 0.1) is 11.3 Å². The Bertz CT molecular complexity index is 1280. The number of fused-ring (bicyclic) bond motifs is 1. The summed E-state index contributed by atoms with van der Waals surface area (Å²) in [6.07, 6.45) is -3.89. The molecule has 0 unspecified atom stereocenters. The fourth-order valence-corrected chi connectivity index (χ4v) is 4.02. The molecule has 3 rings (SSSR count). The number of halogens is 3. The van der Waals surface area contributed by atoms with E-state index in [9.17, 15) is 31.6 Å². The lowest BCUT2D eigenvalue weighted by Crippen LogP contribution is -2.33. The topological polar surface area (TPSA) is 110 Å². The number of nitrogens with zero attached hydrogens (tertiary/aromatic N) is 4. The highest BCUT2D eigenvalue weighted by Gasteiger charge is 2.38. The molecule has 0 aliphatic heterocycles. The van der Waals surface area contributed by atoms with E-state index in [0.29, 0.717) is 6.07 Å². The standard InChI is InChI=1S/C16H15F3N4O5S/c1-4-29(26,27)10-6-5-7-22(25)13(10)14-20-9-8-11(16(17,18)19)23(28-3)15(24)12(9)21(14)2/h5-8H,4H2,1-3H3. The smallest absolute Gasteiger partial charge is 0.435 e. The Hall–Kier alpha value is -3.09. The summed E-state index contributed by atoms with van der Waals surface area (Å²) in [4.78, 5) is 20.8. The molecule has 0 saturated heterocycles. The number of aromatic nitrogens is 4. The maximum absolute atomic E-state index is 13.3. The van der Waals surface area contributed by atoms with Crippen LogP contribution in [0.15, 0.2) is 34.1 Å². The van der Waals surface area contributed by atoms with Crippen LogP contribution in [0.4, 0.5) is 13.2 Å². The molecule has 0 atom stereocenters. The second kappa shape index (κ2) is 6.76. The molecule has 0 saturated carbocycles. The Morgan fingerprint density at radius 1 is 1.34 bits per heavy atom. The highest BCUT2D eigenvalue weighted by Crippen LogP contribution is 2.31. The highest BCUT2D eigenvalue weighted by atomic mass is 32.2. The van der Waals surface area contributed by atoms with E-state index in [4.69, 9.17) is 0 Å². The van der Waals surface area contributed by atoms with Gasteiger partial charge < -0.3 is 14.6 Å². The predicted molar refractivity (Wildman–Crippen MR) is 94.6 cm³/mol. The number of imidazole rings is 1. The molecular formula is C16H15F3N4O5S. The SMILES string of the molecule is CCS(=O)(=O)c1ccc[n+]([O-])c1-c1nc2cc(C(F)(F)F)n(OC)c(=O)c2n1C. The van der Waals surface area contributed by atoms with Crippen molar-refractivity contribution in [3.05, 3.63) is 45.7 Å². The van der Waals surface area contributed by atoms with Crippen LogP contribution in [-0.2, 0) is 23.1 Å². The molecule has 0 aliphatic carbocycles. The molecule has 9 nitrogen and oxygen atoms in total. The number of hydrogen-bond donors (Lipinski definition) is 0. The van der Waals surface area contributed by atoms with Crippen molar-refractivity contribution in [1.82, 2.24) is 14.3 Å². The van der Waals surface area contributed by atoms with Crippen molar-refractivity contribution in [3.63, 3.8) is 0 Å². The van der Waals surface area contributed by atoms with Gasteiger partial charge in [0.1, 0.15) is 17.5 Å². The van der Waals surface area contributed by atoms with E-state index in [-0.39, 0.29) is 37.0 Å². The maximum atomic E-state index is 13.3. The molecule has 156 valence electrons. The zero-order chi connectivity index (χ0) is 21.7. The van der Waals surface area contributed by atoms with Crippen molar-refractivity contribution in [2.45, 2.75) is 18.0 Å². The van der Waals surface area contributed by atoms with Crippen LogP contribution in [0.25, 0.3) is 22.6 Å². The molecule has 0 aliphatic rings. The summed E-state index contributed by atoms with van der Waals surface area (Å²) in [5.74, 6) is -0.593. The van der Waals surface area contributed by atoms with E-state index < -0.39 is 33.0 Å². The third-order valence-corrected chi connectivity index (χ3v) is 6.08. The number of pyridine rings is 2. The molecule has 0 bridgehead atoms. The zero-order valence-corrected chi connectivity index (χ0v) is 16.2. The quantitative estimate of drug-likeness (QED) is 0.448. The third-order valence-electron chi connectivity index (χ3n) is 4.32. The second-order valence-corrected chi connectivity index (χ2v) is 8.23. The van der Waals surface area contributed by atoms with Gasteiger partial charge in [-0.15, -0.1) is 4.73 Å². The molecular weight excluding hydrogens is 417 g/mol. The lowest BCUT2D eigenvalue weighted by atomic mass is 10.3. The predicted octanol–water partition coefficient (Wildman–Crippen LogP) is 0.906. The Morgan fingerprint density at radius 2 is 2.00 bits per heavy atom. The van der Waals surface area contributed by atoms with E-state index in [1.165, 1.54) is 26.1 Å². The van der Waals surface area contributed by atoms with Gasteiger partial charge in [0.25, 0.3) is 5.69 Å². The molecule has 0 aromatic carbocycles. The first-order chi connectivity index (χ1) is 13.4. The van der Waals surface area contributed by atoms with Crippen LogP contribution in [0.1, 0.15) is 12.6 Å². The van der Waals surface area contributed by atoms with Crippen LogP contribution >= 0.6 is 0 Å². The number of rotatable bonds is 4. The molecule has 13 heteroatoms. The number of hydrogen-bond acceptors (Lipinski definition) is 6. The normalized spacial score (nSPS) is 12.5. The number of alkyl halides is 3. The summed E-state index contributed by atoms with van der Waals surface area (Å²) in [6, 6.07) is 3.01. The molecule has 3 heterocycles. The summed E-state index contributed by atoms with van der Waals surface area (Å²) in [5.41, 5.74) is -3.61. The van der Waals surface area contributed by atoms with Crippen molar-refractivity contribution in [3.8, 4) is 11.5 Å². The first-order valence-electron chi connectivity index (χ1n) is 8.13. The zero-order valence-electron chi connectivity index (χ0n) is 15.4. The molecule has 3 aromatic rings. The largest absolute Gasteiger partial charge is 0.618 e. The van der Waals surface area contributed by atoms with E-state index in [0.717, 1.165) is 17.9 Å². The van der Waals surface area contributed by atoms with Gasteiger partial charge in [-0.2, -0.15) is 17.9 Å². The van der Waals surface area contributed by atoms with Gasteiger partial charge in [-0.3, -0.25) is 4.79 Å². The lowest BCUT2D eigenvalue weighted by Gasteiger charge is -2.13. The second-order valence-electron chi connectivity index (χ2n) is 5.99. The van der Waals surface area contributed by atoms with Gasteiger partial charge in [0, 0.05) is 13.1 Å². The Labute approximate surface area is 162 Å². The molecule has 29 heavy (non-hydrogen) atoms. The Morgan fingerprint density at radius 3 is 2.55 bits per heavy atom. The Kier molecular flexibility index (Phi) is 4.81. The molecule has 0 amide bonds. The lowest BCUT2D eigenvalue weighted by molar-refractivity contribution is -0.595. The fourth-order valence-electron chi connectivity index (χ4n) is 2.94. The maximum Gasteiger partial charge on any atom is 0.435 e. The van der Waals surface area contributed by atoms with Gasteiger partial charge >= 0.3 is 11.7 Å². The van der Waals surface area contributed by atoms with Gasteiger partial charge in [-0.1, -0.05) is 6.92 Å². The van der Waals surface area contributed by atoms with E-state index in [1.807, 2.05) is 0 Å². The van der Waals surface area contributed by atoms with Crippen LogP contribution in [0, 0.1) is 5.21 Å². The van der Waals surface area contributed by atoms with E-state index >= 15 is 0 Å². The molecule has 0 N–H and O–H groups in total. The van der Waals surface area contributed by atoms with Gasteiger partial charge in [-0.05, 0) is 12.1 Å². The fraction of sp³-hybridized carbons (Fsp3) is 0.312. The molecule has 0 spiro atoms. The first-order valence-corrected chi connectivity index (χ1v) is 9.78. The van der Waals surface area contributed by atoms with Crippen LogP contribution in [-0.4, -0.2) is 35.6 Å². The minimum Gasteiger partial charge on any atom is -0.618 e. The van der Waals surface area contributed by atoms with Gasteiger partial charge in [-0.25, -0.2) is 13.4 Å². The number of sulfone groups is 1. The average molecular weight is 432 g/mol. The van der Waals surface area contributed by atoms with Gasteiger partial charge in [0.2, 0.25) is 5.82 Å². The van der Waals surface area contributed by atoms with Crippen LogP contribution < -0.4 is 15.1 Å². The monoisotopic (exact) mass is 432 g/mol. The highest BCUT2D eigenvalue weighted by molar-refractivity contribution is 7.91. The summed E-state index contributed by atoms with van der Waals surface area (Å²) >= 11 is 0. The minimum atomic E-state index is -4.91. The minimum absolute atomic E-state index is 0.0632. The summed E-state index contributed by atoms with van der Waals surface area (Å²) < 4.78 is 66.1. The van der Waals surface area contributed by atoms with Crippen molar-refractivity contribution < 1.29 is 31.2 Å². The summed E-state index contributed by atoms with van der Waals surface area (Å²) in [6.45, 7) is 1.38. The van der Waals surface area contributed by atoms with E-state index in [2.05, 4.69) is 9.82 Å². The molecule has 0 radical (unpaired) electrons. The summed E-state index contributed by atoms with van der Waals surface area (Å²) in [5, 5.41) is 12.4. The van der Waals surface area contributed by atoms with Crippen molar-refractivity contribution in [2.24, 2.45) is 7.05 Å². The van der Waals surface area contributed by atoms with E-state index in [1.54, 1.807) is 0 Å². The van der Waals surface area contributed by atoms with Gasteiger partial charge in [0.15, 0.2) is 21.7 Å². The van der Waals surface area contributed by atoms with Crippen molar-refractivity contribution in [2.75, 3.05) is 12.9 Å². The number of aryl methyl sites for hydroxylation is 1. The van der Waals surface area contributed by atoms with Crippen molar-refractivity contribution in [1.29, 1.82) is 0 Å². The van der Waals surface area contributed by atoms with Crippen LogP contribution in [0.2, 0.25) is 0 Å². The first kappa shape index (κ1) is 20.6.